The topological polar surface area (TPSA) is 37.4 Å². The fraction of sp³-hybridized carbons (Fsp3) is 1.00. The van der Waals surface area contributed by atoms with Gasteiger partial charge < -0.3 is 0 Å². The van der Waals surface area contributed by atoms with Crippen LogP contribution in [-0.4, -0.2) is 31.1 Å². The molecule has 0 saturated carbocycles. The van der Waals surface area contributed by atoms with Crippen LogP contribution >= 0.6 is 0 Å². The van der Waals surface area contributed by atoms with Gasteiger partial charge in [-0.25, -0.2) is 8.42 Å². The van der Waals surface area contributed by atoms with Gasteiger partial charge in [-0.3, -0.25) is 0 Å². The van der Waals surface area contributed by atoms with Gasteiger partial charge in [0.25, 0.3) is 0 Å². The molecule has 0 aliphatic carbocycles. The normalized spacial score (nSPS) is 14.0. The number of rotatable bonds is 2. The minimum atomic E-state index is -3.04. The molecule has 0 radical (unpaired) electrons. The van der Waals surface area contributed by atoms with Gasteiger partial charge in [0.15, 0.2) is 0 Å². The summed E-state index contributed by atoms with van der Waals surface area (Å²) >= 11 is 0. The van der Waals surface area contributed by atoms with Gasteiger partial charge in [0.05, 0.1) is 6.26 Å². The van der Waals surface area contributed by atoms with E-state index in [1.807, 2.05) is 27.7 Å². The molecule has 0 saturated heterocycles. The smallest absolute Gasteiger partial charge is 0.211 e. The Hall–Kier alpha value is -0.0900. The molecule has 0 aromatic heterocycles. The highest BCUT2D eigenvalue weighted by Crippen LogP contribution is 2.15. The molecule has 0 fully saturated rings. The molecule has 0 aliphatic rings. The molecule has 68 valence electrons. The van der Waals surface area contributed by atoms with Crippen molar-refractivity contribution in [2.75, 3.05) is 12.8 Å². The molecule has 0 atom stereocenters. The van der Waals surface area contributed by atoms with Crippen LogP contribution in [0, 0.1) is 0 Å². The third-order valence-corrected chi connectivity index (χ3v) is 3.04. The van der Waals surface area contributed by atoms with Gasteiger partial charge in [0.1, 0.15) is 0 Å². The second kappa shape index (κ2) is 3.11. The molecule has 11 heavy (non-hydrogen) atoms. The van der Waals surface area contributed by atoms with Gasteiger partial charge >= 0.3 is 0 Å². The lowest BCUT2D eigenvalue weighted by atomic mass is 10.1. The van der Waals surface area contributed by atoms with Crippen LogP contribution in [0.4, 0.5) is 0 Å². The van der Waals surface area contributed by atoms with Crippen molar-refractivity contribution in [2.45, 2.75) is 33.2 Å². The maximum atomic E-state index is 11.1. The van der Waals surface area contributed by atoms with Gasteiger partial charge in [-0.15, -0.1) is 0 Å². The van der Waals surface area contributed by atoms with Crippen molar-refractivity contribution in [1.29, 1.82) is 0 Å². The van der Waals surface area contributed by atoms with Crippen molar-refractivity contribution < 1.29 is 8.42 Å². The predicted molar refractivity (Wildman–Crippen MR) is 47.0 cm³/mol. The van der Waals surface area contributed by atoms with Gasteiger partial charge in [0.2, 0.25) is 10.0 Å². The third-order valence-electron chi connectivity index (χ3n) is 1.44. The molecule has 0 aromatic carbocycles. The first-order valence-electron chi connectivity index (χ1n) is 3.67. The van der Waals surface area contributed by atoms with E-state index in [9.17, 15) is 8.42 Å². The molecule has 0 bridgehead atoms. The van der Waals surface area contributed by atoms with Gasteiger partial charge in [0, 0.05) is 12.1 Å². The van der Waals surface area contributed by atoms with Gasteiger partial charge in [-0.1, -0.05) is 6.92 Å². The van der Waals surface area contributed by atoms with Crippen molar-refractivity contribution in [3.8, 4) is 0 Å². The predicted octanol–water partition coefficient (Wildman–Crippen LogP) is 1.07. The minimum absolute atomic E-state index is 0.303. The maximum Gasteiger partial charge on any atom is 0.211 e. The second-order valence-corrected chi connectivity index (χ2v) is 5.51. The summed E-state index contributed by atoms with van der Waals surface area (Å²) in [5.41, 5.74) is -0.303. The summed E-state index contributed by atoms with van der Waals surface area (Å²) in [6.07, 6.45) is 1.24. The quantitative estimate of drug-likeness (QED) is 0.636. The molecule has 3 nitrogen and oxygen atoms in total. The van der Waals surface area contributed by atoms with E-state index in [-0.39, 0.29) is 5.54 Å². The Bertz CT molecular complexity index is 213. The Morgan fingerprint density at radius 3 is 1.64 bits per heavy atom. The lowest BCUT2D eigenvalue weighted by molar-refractivity contribution is 0.261. The first kappa shape index (κ1) is 10.9. The highest BCUT2D eigenvalue weighted by atomic mass is 32.2. The highest BCUT2D eigenvalue weighted by Gasteiger charge is 2.27. The van der Waals surface area contributed by atoms with Crippen molar-refractivity contribution in [2.24, 2.45) is 0 Å². The van der Waals surface area contributed by atoms with E-state index in [4.69, 9.17) is 0 Å². The van der Waals surface area contributed by atoms with Crippen LogP contribution < -0.4 is 0 Å². The summed E-state index contributed by atoms with van der Waals surface area (Å²) in [7, 11) is -3.04. The Kier molecular flexibility index (Phi) is 3.08. The molecular formula is C7H17NO2S. The lowest BCUT2D eigenvalue weighted by Gasteiger charge is -2.32. The third kappa shape index (κ3) is 3.20. The minimum Gasteiger partial charge on any atom is -0.212 e. The fourth-order valence-electron chi connectivity index (χ4n) is 1.21. The Labute approximate surface area is 69.4 Å². The van der Waals surface area contributed by atoms with E-state index in [0.29, 0.717) is 6.54 Å². The van der Waals surface area contributed by atoms with E-state index < -0.39 is 10.0 Å². The van der Waals surface area contributed by atoms with Crippen LogP contribution in [0.1, 0.15) is 27.7 Å². The molecule has 0 rings (SSSR count). The van der Waals surface area contributed by atoms with Gasteiger partial charge in [-0.2, -0.15) is 4.31 Å². The average molecular weight is 179 g/mol. The van der Waals surface area contributed by atoms with Crippen molar-refractivity contribution >= 4 is 10.0 Å². The summed E-state index contributed by atoms with van der Waals surface area (Å²) in [6.45, 7) is 8.03. The monoisotopic (exact) mass is 179 g/mol. The summed E-state index contributed by atoms with van der Waals surface area (Å²) < 4.78 is 23.7. The highest BCUT2D eigenvalue weighted by molar-refractivity contribution is 7.88. The zero-order valence-corrected chi connectivity index (χ0v) is 8.70. The largest absolute Gasteiger partial charge is 0.212 e. The number of hydrogen-bond acceptors (Lipinski definition) is 2. The first-order chi connectivity index (χ1) is 4.69. The van der Waals surface area contributed by atoms with Crippen LogP contribution in [0.3, 0.4) is 0 Å². The summed E-state index contributed by atoms with van der Waals surface area (Å²) in [6, 6.07) is 0. The summed E-state index contributed by atoms with van der Waals surface area (Å²) in [5.74, 6) is 0. The molecule has 0 amide bonds. The van der Waals surface area contributed by atoms with Crippen LogP contribution in [-0.2, 0) is 10.0 Å². The number of sulfonamides is 1. The molecule has 0 spiro atoms. The average Bonchev–Trinajstić information content (AvgIpc) is 1.56. The van der Waals surface area contributed by atoms with E-state index in [1.54, 1.807) is 0 Å². The second-order valence-electron chi connectivity index (χ2n) is 3.60. The number of nitrogens with zero attached hydrogens (tertiary/aromatic N) is 1. The maximum absolute atomic E-state index is 11.1. The van der Waals surface area contributed by atoms with Crippen LogP contribution in [0.25, 0.3) is 0 Å². The standard InChI is InChI=1S/C7H17NO2S/c1-6-8(7(2,3)4)11(5,9)10/h6H2,1-5H3. The van der Waals surface area contributed by atoms with Crippen molar-refractivity contribution in [3.63, 3.8) is 0 Å². The molecule has 0 heterocycles. The number of hydrogen-bond donors (Lipinski definition) is 0. The van der Waals surface area contributed by atoms with Gasteiger partial charge in [-0.05, 0) is 20.8 Å². The van der Waals surface area contributed by atoms with Crippen LogP contribution in [0.15, 0.2) is 0 Å². The zero-order chi connectivity index (χ0) is 9.28. The Balaban J connectivity index is 4.72. The molecule has 0 N–H and O–H groups in total. The van der Waals surface area contributed by atoms with Crippen molar-refractivity contribution in [1.82, 2.24) is 4.31 Å². The van der Waals surface area contributed by atoms with E-state index in [1.165, 1.54) is 10.6 Å². The molecule has 0 aromatic rings. The van der Waals surface area contributed by atoms with E-state index in [2.05, 4.69) is 0 Å². The van der Waals surface area contributed by atoms with Crippen LogP contribution in [0.5, 0.6) is 0 Å². The molecular weight excluding hydrogens is 162 g/mol. The van der Waals surface area contributed by atoms with Crippen molar-refractivity contribution in [3.05, 3.63) is 0 Å². The molecule has 4 heteroatoms. The molecule has 0 aliphatic heterocycles. The van der Waals surface area contributed by atoms with E-state index in [0.717, 1.165) is 0 Å². The molecule has 0 unspecified atom stereocenters. The Morgan fingerprint density at radius 1 is 1.27 bits per heavy atom. The first-order valence-corrected chi connectivity index (χ1v) is 5.52. The summed E-state index contributed by atoms with van der Waals surface area (Å²) in [5, 5.41) is 0. The fourth-order valence-corrected chi connectivity index (χ4v) is 2.67. The SMILES string of the molecule is CCN(C(C)(C)C)S(C)(=O)=O. The summed E-state index contributed by atoms with van der Waals surface area (Å²) in [4.78, 5) is 0. The Morgan fingerprint density at radius 2 is 1.64 bits per heavy atom. The van der Waals surface area contributed by atoms with Crippen LogP contribution in [0.2, 0.25) is 0 Å². The van der Waals surface area contributed by atoms with E-state index >= 15 is 0 Å². The zero-order valence-electron chi connectivity index (χ0n) is 7.88. The lowest BCUT2D eigenvalue weighted by Crippen LogP contribution is -2.44.